The Morgan fingerprint density at radius 3 is 2.36 bits per heavy atom. The molecule has 12 heteroatoms. The van der Waals surface area contributed by atoms with Crippen LogP contribution < -0.4 is 11.1 Å². The minimum Gasteiger partial charge on any atom is -0.387 e. The summed E-state index contributed by atoms with van der Waals surface area (Å²) in [5.74, 6) is -2.36. The fourth-order valence-electron chi connectivity index (χ4n) is 7.07. The highest BCUT2D eigenvalue weighted by Crippen LogP contribution is 2.41. The standard InChI is InChI=1S/C41H55F2N5O5/c1-27(2)31-23-36(50)48(40(31)53)19-12-7-6-11-18-45-39(52)34(44)17-20-47(37(51)26-49)38(41(3,4)5)35-21-29(32-22-30(42)15-16-33(32)43)25-46(35)24-28-13-9-8-10-14-28/h8-10,13-16,21-22,25,27,31,34,38,49H,6-7,11-12,17-20,23-24,26,44H2,1-5H3,(H,45,52)/t31?,34-,38-/m0/s1. The van der Waals surface area contributed by atoms with Gasteiger partial charge in [-0.1, -0.05) is 77.8 Å². The van der Waals surface area contributed by atoms with E-state index < -0.39 is 41.6 Å². The fraction of sp³-hybridized carbons (Fsp3) is 0.512. The van der Waals surface area contributed by atoms with Crippen LogP contribution >= 0.6 is 0 Å². The lowest BCUT2D eigenvalue weighted by atomic mass is 9.82. The Bertz CT molecular complexity index is 1720. The van der Waals surface area contributed by atoms with Crippen molar-refractivity contribution in [3.05, 3.63) is 83.7 Å². The third kappa shape index (κ3) is 10.8. The van der Waals surface area contributed by atoms with Crippen LogP contribution in [0.5, 0.6) is 0 Å². The molecule has 4 rings (SSSR count). The highest BCUT2D eigenvalue weighted by Gasteiger charge is 2.40. The van der Waals surface area contributed by atoms with E-state index in [-0.39, 0.29) is 54.5 Å². The summed E-state index contributed by atoms with van der Waals surface area (Å²) in [6, 6.07) is 13.1. The number of halogens is 2. The first-order chi connectivity index (χ1) is 25.1. The third-order valence-electron chi connectivity index (χ3n) is 9.94. The summed E-state index contributed by atoms with van der Waals surface area (Å²) < 4.78 is 31.2. The van der Waals surface area contributed by atoms with E-state index in [1.807, 2.05) is 69.5 Å². The normalized spacial score (nSPS) is 16.0. The van der Waals surface area contributed by atoms with Crippen LogP contribution in [0.15, 0.2) is 60.8 Å². The van der Waals surface area contributed by atoms with E-state index in [1.165, 1.54) is 9.80 Å². The molecular formula is C41H55F2N5O5. The summed E-state index contributed by atoms with van der Waals surface area (Å²) >= 11 is 0. The van der Waals surface area contributed by atoms with E-state index in [9.17, 15) is 28.7 Å². The molecule has 4 N–H and O–H groups in total. The van der Waals surface area contributed by atoms with E-state index >= 15 is 4.39 Å². The van der Waals surface area contributed by atoms with Crippen LogP contribution in [-0.4, -0.2) is 75.4 Å². The average Bonchev–Trinajstić information content (AvgIpc) is 3.65. The van der Waals surface area contributed by atoms with Crippen molar-refractivity contribution in [2.24, 2.45) is 23.0 Å². The number of aliphatic hydroxyl groups excluding tert-OH is 1. The van der Waals surface area contributed by atoms with Gasteiger partial charge in [-0.3, -0.25) is 24.1 Å². The second-order valence-electron chi connectivity index (χ2n) is 15.4. The van der Waals surface area contributed by atoms with Crippen LogP contribution in [0.2, 0.25) is 0 Å². The predicted molar refractivity (Wildman–Crippen MR) is 200 cm³/mol. The fourth-order valence-corrected chi connectivity index (χ4v) is 7.07. The molecule has 3 aromatic rings. The molecule has 0 bridgehead atoms. The van der Waals surface area contributed by atoms with Crippen LogP contribution in [0.1, 0.15) is 90.4 Å². The molecule has 1 aromatic heterocycles. The largest absolute Gasteiger partial charge is 0.387 e. The zero-order valence-electron chi connectivity index (χ0n) is 31.6. The molecule has 1 fully saturated rings. The molecule has 0 radical (unpaired) electrons. The van der Waals surface area contributed by atoms with E-state index in [0.717, 1.165) is 36.6 Å². The number of hydrogen-bond acceptors (Lipinski definition) is 6. The molecule has 1 unspecified atom stereocenters. The average molecular weight is 736 g/mol. The van der Waals surface area contributed by atoms with Gasteiger partial charge < -0.3 is 25.6 Å². The Morgan fingerprint density at radius 1 is 1.02 bits per heavy atom. The van der Waals surface area contributed by atoms with Crippen LogP contribution in [0.3, 0.4) is 0 Å². The summed E-state index contributed by atoms with van der Waals surface area (Å²) in [6.45, 7) is 10.3. The van der Waals surface area contributed by atoms with Crippen molar-refractivity contribution >= 4 is 23.6 Å². The van der Waals surface area contributed by atoms with E-state index in [1.54, 1.807) is 12.3 Å². The van der Waals surface area contributed by atoms with Crippen LogP contribution in [-0.2, 0) is 25.7 Å². The maximum absolute atomic E-state index is 15.0. The van der Waals surface area contributed by atoms with Crippen molar-refractivity contribution in [3.63, 3.8) is 0 Å². The number of amides is 4. The molecule has 4 amide bonds. The SMILES string of the molecule is CC(C)C1CC(=O)N(CCCCCCNC(=O)[C@@H](N)CCN(C(=O)CO)[C@@H](c2cc(-c3cc(F)ccc3F)cn2Cc2ccccc2)C(C)(C)C)C1=O. The topological polar surface area (TPSA) is 138 Å². The maximum atomic E-state index is 15.0. The highest BCUT2D eigenvalue weighted by molar-refractivity contribution is 6.03. The first-order valence-electron chi connectivity index (χ1n) is 18.6. The van der Waals surface area contributed by atoms with Gasteiger partial charge in [0.15, 0.2) is 0 Å². The molecule has 1 aliphatic rings. The lowest BCUT2D eigenvalue weighted by Gasteiger charge is -2.41. The number of imide groups is 1. The molecule has 0 saturated carbocycles. The van der Waals surface area contributed by atoms with Crippen molar-refractivity contribution < 1.29 is 33.1 Å². The molecule has 53 heavy (non-hydrogen) atoms. The highest BCUT2D eigenvalue weighted by atomic mass is 19.1. The summed E-state index contributed by atoms with van der Waals surface area (Å²) in [6.07, 6.45) is 5.14. The number of aromatic nitrogens is 1. The molecule has 2 heterocycles. The van der Waals surface area contributed by atoms with E-state index in [2.05, 4.69) is 5.32 Å². The van der Waals surface area contributed by atoms with Gasteiger partial charge in [0, 0.05) is 61.5 Å². The number of benzene rings is 2. The van der Waals surface area contributed by atoms with Crippen molar-refractivity contribution in [1.29, 1.82) is 0 Å². The number of carbonyl (C=O) groups excluding carboxylic acids is 4. The van der Waals surface area contributed by atoms with Crippen LogP contribution in [0.4, 0.5) is 8.78 Å². The summed E-state index contributed by atoms with van der Waals surface area (Å²) in [5.41, 5.74) is 7.85. The molecule has 2 aromatic carbocycles. The van der Waals surface area contributed by atoms with Gasteiger partial charge in [-0.2, -0.15) is 0 Å². The Labute approximate surface area is 311 Å². The predicted octanol–water partition coefficient (Wildman–Crippen LogP) is 5.81. The number of aliphatic hydroxyl groups is 1. The second kappa shape index (κ2) is 18.6. The first kappa shape index (κ1) is 41.3. The first-order valence-corrected chi connectivity index (χ1v) is 18.6. The minimum atomic E-state index is -0.932. The number of hydrogen-bond donors (Lipinski definition) is 3. The Hall–Kier alpha value is -4.42. The molecule has 3 atom stereocenters. The molecule has 1 saturated heterocycles. The molecule has 10 nitrogen and oxygen atoms in total. The Kier molecular flexibility index (Phi) is 14.5. The van der Waals surface area contributed by atoms with Gasteiger partial charge in [-0.15, -0.1) is 0 Å². The van der Waals surface area contributed by atoms with Gasteiger partial charge in [0.05, 0.1) is 12.1 Å². The summed E-state index contributed by atoms with van der Waals surface area (Å²) in [7, 11) is 0. The Balaban J connectivity index is 1.41. The monoisotopic (exact) mass is 735 g/mol. The lowest BCUT2D eigenvalue weighted by Crippen LogP contribution is -2.47. The minimum absolute atomic E-state index is 0.0572. The van der Waals surface area contributed by atoms with Gasteiger partial charge in [0.25, 0.3) is 0 Å². The molecular weight excluding hydrogens is 680 g/mol. The van der Waals surface area contributed by atoms with Gasteiger partial charge in [-0.05, 0) is 60.4 Å². The number of nitrogens with zero attached hydrogens (tertiary/aromatic N) is 3. The zero-order valence-corrected chi connectivity index (χ0v) is 31.6. The maximum Gasteiger partial charge on any atom is 0.248 e. The quantitative estimate of drug-likeness (QED) is 0.111. The molecule has 0 spiro atoms. The number of unbranched alkanes of at least 4 members (excludes halogenated alkanes) is 3. The van der Waals surface area contributed by atoms with Crippen LogP contribution in [0, 0.1) is 28.9 Å². The van der Waals surface area contributed by atoms with Gasteiger partial charge >= 0.3 is 0 Å². The van der Waals surface area contributed by atoms with Crippen molar-refractivity contribution in [2.75, 3.05) is 26.2 Å². The van der Waals surface area contributed by atoms with Crippen molar-refractivity contribution in [3.8, 4) is 11.1 Å². The summed E-state index contributed by atoms with van der Waals surface area (Å²) in [4.78, 5) is 54.1. The van der Waals surface area contributed by atoms with Crippen LogP contribution in [0.25, 0.3) is 11.1 Å². The Morgan fingerprint density at radius 2 is 1.72 bits per heavy atom. The van der Waals surface area contributed by atoms with Gasteiger partial charge in [0.1, 0.15) is 18.2 Å². The van der Waals surface area contributed by atoms with Crippen molar-refractivity contribution in [2.45, 2.75) is 91.8 Å². The van der Waals surface area contributed by atoms with E-state index in [0.29, 0.717) is 43.7 Å². The second-order valence-corrected chi connectivity index (χ2v) is 15.4. The number of likely N-dealkylation sites (tertiary alicyclic amines) is 1. The third-order valence-corrected chi connectivity index (χ3v) is 9.94. The molecule has 0 aliphatic carbocycles. The van der Waals surface area contributed by atoms with E-state index in [4.69, 9.17) is 5.73 Å². The molecule has 1 aliphatic heterocycles. The van der Waals surface area contributed by atoms with Gasteiger partial charge in [0.2, 0.25) is 23.6 Å². The smallest absolute Gasteiger partial charge is 0.248 e. The molecule has 288 valence electrons. The number of rotatable bonds is 18. The lowest BCUT2D eigenvalue weighted by molar-refractivity contribution is -0.140. The zero-order chi connectivity index (χ0) is 38.9. The van der Waals surface area contributed by atoms with Gasteiger partial charge in [-0.25, -0.2) is 8.78 Å². The summed E-state index contributed by atoms with van der Waals surface area (Å²) in [5, 5.41) is 13.0. The number of nitrogens with one attached hydrogen (secondary N) is 1. The van der Waals surface area contributed by atoms with Crippen molar-refractivity contribution in [1.82, 2.24) is 19.7 Å². The number of nitrogens with two attached hydrogens (primary N) is 1. The number of carbonyl (C=O) groups is 4.